The third-order valence-electron chi connectivity index (χ3n) is 4.29. The average Bonchev–Trinajstić information content (AvgIpc) is 3.37. The van der Waals surface area contributed by atoms with Crippen LogP contribution in [-0.4, -0.2) is 32.5 Å². The summed E-state index contributed by atoms with van der Waals surface area (Å²) in [5, 5.41) is 15.2. The number of nitrogens with one attached hydrogen (secondary N) is 3. The van der Waals surface area contributed by atoms with Crippen LogP contribution in [0.1, 0.15) is 32.7 Å². The van der Waals surface area contributed by atoms with Crippen molar-refractivity contribution in [2.24, 2.45) is 0 Å². The summed E-state index contributed by atoms with van der Waals surface area (Å²) >= 11 is 3.12. The van der Waals surface area contributed by atoms with Crippen molar-refractivity contribution in [2.45, 2.75) is 32.9 Å². The fraction of sp³-hybridized carbons (Fsp3) is 0.300. The van der Waals surface area contributed by atoms with Crippen LogP contribution in [0.2, 0.25) is 0 Å². The van der Waals surface area contributed by atoms with Crippen LogP contribution in [-0.2, 0) is 0 Å². The number of pyridine rings is 1. The molecule has 4 aromatic rings. The molecule has 0 radical (unpaired) electrons. The molecule has 0 aliphatic carbocycles. The van der Waals surface area contributed by atoms with E-state index < -0.39 is 0 Å². The minimum Gasteiger partial charge on any atom is -0.419 e. The number of nitrogens with zero attached hydrogens (tertiary/aromatic N) is 4. The van der Waals surface area contributed by atoms with Gasteiger partial charge in [-0.05, 0) is 45.2 Å². The van der Waals surface area contributed by atoms with Crippen molar-refractivity contribution in [3.63, 3.8) is 0 Å². The third kappa shape index (κ3) is 4.55. The molecule has 0 saturated carbocycles. The van der Waals surface area contributed by atoms with Gasteiger partial charge in [-0.15, -0.1) is 21.5 Å². The van der Waals surface area contributed by atoms with E-state index in [1.54, 1.807) is 17.5 Å². The summed E-state index contributed by atoms with van der Waals surface area (Å²) in [6, 6.07) is 8.21. The highest BCUT2D eigenvalue weighted by atomic mass is 32.2. The van der Waals surface area contributed by atoms with E-state index in [4.69, 9.17) is 4.42 Å². The Hall–Kier alpha value is -2.69. The molecule has 0 amide bonds. The molecule has 10 heteroatoms. The SMILES string of the molecule is CSNC(C)c1nnc(-c2cnc(Nc3ccc4ncsc4c3)cc2NC(C)C)o1. The minimum absolute atomic E-state index is 0.0432. The Balaban J connectivity index is 1.63. The van der Waals surface area contributed by atoms with Crippen LogP contribution in [0.15, 0.2) is 40.4 Å². The van der Waals surface area contributed by atoms with Crippen LogP contribution in [0.4, 0.5) is 17.2 Å². The van der Waals surface area contributed by atoms with Gasteiger partial charge >= 0.3 is 0 Å². The molecule has 8 nitrogen and oxygen atoms in total. The summed E-state index contributed by atoms with van der Waals surface area (Å²) < 4.78 is 10.2. The Bertz CT molecular complexity index is 1140. The predicted molar refractivity (Wildman–Crippen MR) is 124 cm³/mol. The number of hydrogen-bond donors (Lipinski definition) is 3. The van der Waals surface area contributed by atoms with E-state index in [1.807, 2.05) is 36.9 Å². The molecule has 0 bridgehead atoms. The highest BCUT2D eigenvalue weighted by Gasteiger charge is 2.18. The zero-order chi connectivity index (χ0) is 21.1. The van der Waals surface area contributed by atoms with Gasteiger partial charge < -0.3 is 15.1 Å². The first-order chi connectivity index (χ1) is 14.5. The summed E-state index contributed by atoms with van der Waals surface area (Å²) in [5.41, 5.74) is 5.44. The minimum atomic E-state index is -0.0432. The lowest BCUT2D eigenvalue weighted by molar-refractivity contribution is 0.462. The Morgan fingerprint density at radius 1 is 1.10 bits per heavy atom. The smallest absolute Gasteiger partial charge is 0.251 e. The number of rotatable bonds is 8. The Morgan fingerprint density at radius 3 is 2.77 bits per heavy atom. The number of aromatic nitrogens is 4. The number of thiazole rings is 1. The Labute approximate surface area is 183 Å². The lowest BCUT2D eigenvalue weighted by Crippen LogP contribution is -2.11. The average molecular weight is 442 g/mol. The summed E-state index contributed by atoms with van der Waals surface area (Å²) in [6.07, 6.45) is 3.71. The first-order valence-corrected chi connectivity index (χ1v) is 11.6. The van der Waals surface area contributed by atoms with Gasteiger partial charge in [-0.1, -0.05) is 11.9 Å². The summed E-state index contributed by atoms with van der Waals surface area (Å²) in [5.74, 6) is 1.70. The van der Waals surface area contributed by atoms with Gasteiger partial charge in [-0.2, -0.15) is 0 Å². The van der Waals surface area contributed by atoms with Gasteiger partial charge in [-0.25, -0.2) is 9.97 Å². The molecule has 0 saturated heterocycles. The first kappa shape index (κ1) is 20.6. The zero-order valence-electron chi connectivity index (χ0n) is 17.1. The Morgan fingerprint density at radius 2 is 1.97 bits per heavy atom. The van der Waals surface area contributed by atoms with Crippen LogP contribution in [0.3, 0.4) is 0 Å². The molecule has 0 spiro atoms. The molecule has 4 rings (SSSR count). The highest BCUT2D eigenvalue weighted by Crippen LogP contribution is 2.31. The van der Waals surface area contributed by atoms with E-state index in [0.717, 1.165) is 33.0 Å². The molecular formula is C20H23N7OS2. The van der Waals surface area contributed by atoms with Gasteiger partial charge in [0.1, 0.15) is 5.82 Å². The highest BCUT2D eigenvalue weighted by molar-refractivity contribution is 7.96. The van der Waals surface area contributed by atoms with E-state index in [1.165, 1.54) is 11.9 Å². The standard InChI is InChI=1S/C20H23N7OS2/c1-11(2)23-16-8-18(24-13-5-6-15-17(7-13)30-10-22-15)21-9-14(16)20-26-25-19(28-20)12(3)27-29-4/h5-12,27H,1-4H3,(H2,21,23,24). The van der Waals surface area contributed by atoms with Gasteiger partial charge in [0, 0.05) is 24.0 Å². The second-order valence-corrected chi connectivity index (χ2v) is 8.59. The maximum atomic E-state index is 5.90. The zero-order valence-corrected chi connectivity index (χ0v) is 18.8. The second kappa shape index (κ2) is 8.99. The molecule has 1 atom stereocenters. The van der Waals surface area contributed by atoms with E-state index in [0.29, 0.717) is 11.8 Å². The summed E-state index contributed by atoms with van der Waals surface area (Å²) in [7, 11) is 0. The van der Waals surface area contributed by atoms with Crippen LogP contribution in [0, 0.1) is 0 Å². The van der Waals surface area contributed by atoms with Crippen LogP contribution >= 0.6 is 23.3 Å². The predicted octanol–water partition coefficient (Wildman–Crippen LogP) is 5.23. The third-order valence-corrected chi connectivity index (χ3v) is 5.67. The normalized spacial score (nSPS) is 12.4. The van der Waals surface area contributed by atoms with Crippen molar-refractivity contribution in [1.29, 1.82) is 0 Å². The molecule has 0 aliphatic heterocycles. The monoisotopic (exact) mass is 441 g/mol. The molecular weight excluding hydrogens is 418 g/mol. The van der Waals surface area contributed by atoms with Gasteiger partial charge in [0.25, 0.3) is 5.89 Å². The molecule has 3 heterocycles. The van der Waals surface area contributed by atoms with E-state index >= 15 is 0 Å². The lowest BCUT2D eigenvalue weighted by atomic mass is 10.2. The fourth-order valence-electron chi connectivity index (χ4n) is 2.95. The van der Waals surface area contributed by atoms with Crippen molar-refractivity contribution >= 4 is 50.7 Å². The number of benzene rings is 1. The quantitative estimate of drug-likeness (QED) is 0.317. The molecule has 3 aromatic heterocycles. The van der Waals surface area contributed by atoms with Crippen molar-refractivity contribution in [3.05, 3.63) is 41.9 Å². The summed E-state index contributed by atoms with van der Waals surface area (Å²) in [4.78, 5) is 8.89. The largest absolute Gasteiger partial charge is 0.419 e. The Kier molecular flexibility index (Phi) is 6.16. The molecule has 156 valence electrons. The number of hydrogen-bond acceptors (Lipinski definition) is 10. The van der Waals surface area contributed by atoms with Crippen LogP contribution in [0.5, 0.6) is 0 Å². The summed E-state index contributed by atoms with van der Waals surface area (Å²) in [6.45, 7) is 6.14. The maximum absolute atomic E-state index is 5.90. The van der Waals surface area contributed by atoms with Crippen LogP contribution in [0.25, 0.3) is 21.7 Å². The van der Waals surface area contributed by atoms with Gasteiger partial charge in [0.2, 0.25) is 5.89 Å². The molecule has 0 fully saturated rings. The van der Waals surface area contributed by atoms with Crippen molar-refractivity contribution in [3.8, 4) is 11.5 Å². The van der Waals surface area contributed by atoms with Gasteiger partial charge in [-0.3, -0.25) is 4.72 Å². The van der Waals surface area contributed by atoms with Crippen molar-refractivity contribution in [1.82, 2.24) is 24.9 Å². The first-order valence-electron chi connectivity index (χ1n) is 9.52. The van der Waals surface area contributed by atoms with Gasteiger partial charge in [0.05, 0.1) is 33.0 Å². The number of fused-ring (bicyclic) bond motifs is 1. The fourth-order valence-corrected chi connectivity index (χ4v) is 4.12. The second-order valence-electron chi connectivity index (χ2n) is 7.06. The van der Waals surface area contributed by atoms with Crippen LogP contribution < -0.4 is 15.4 Å². The number of anilines is 3. The molecule has 3 N–H and O–H groups in total. The van der Waals surface area contributed by atoms with Crippen molar-refractivity contribution in [2.75, 3.05) is 16.9 Å². The molecule has 30 heavy (non-hydrogen) atoms. The molecule has 0 aliphatic rings. The molecule has 1 aromatic carbocycles. The van der Waals surface area contributed by atoms with E-state index in [9.17, 15) is 0 Å². The van der Waals surface area contributed by atoms with Gasteiger partial charge in [0.15, 0.2) is 0 Å². The molecule has 1 unspecified atom stereocenters. The van der Waals surface area contributed by atoms with E-state index in [-0.39, 0.29) is 12.1 Å². The maximum Gasteiger partial charge on any atom is 0.251 e. The van der Waals surface area contributed by atoms with E-state index in [2.05, 4.69) is 55.4 Å². The lowest BCUT2D eigenvalue weighted by Gasteiger charge is -2.15. The van der Waals surface area contributed by atoms with Crippen molar-refractivity contribution < 1.29 is 4.42 Å². The topological polar surface area (TPSA) is 101 Å².